The molecular weight excluding hydrogens is 574 g/mol. The first-order chi connectivity index (χ1) is 23.2. The van der Waals surface area contributed by atoms with E-state index in [-0.39, 0.29) is 0 Å². The van der Waals surface area contributed by atoms with Crippen LogP contribution >= 0.6 is 0 Å². The SMILES string of the molecule is c1ccc(-c2cccc(-c3nc(-c4cccc(N5C6CC7CC(C6)CC5C7)c4)nc(-n4c5ccccc5c5ccccc54)n3)c2)cc1. The number of aromatic nitrogens is 4. The topological polar surface area (TPSA) is 46.8 Å². The number of rotatable bonds is 5. The van der Waals surface area contributed by atoms with Gasteiger partial charge in [-0.05, 0) is 85.4 Å². The van der Waals surface area contributed by atoms with Crippen LogP contribution in [0, 0.1) is 11.8 Å². The molecule has 2 aromatic heterocycles. The van der Waals surface area contributed by atoms with Gasteiger partial charge in [-0.15, -0.1) is 0 Å². The van der Waals surface area contributed by atoms with Gasteiger partial charge in [0, 0.05) is 39.7 Å². The van der Waals surface area contributed by atoms with Gasteiger partial charge in [-0.3, -0.25) is 4.57 Å². The van der Waals surface area contributed by atoms with E-state index >= 15 is 0 Å². The van der Waals surface area contributed by atoms with Crippen LogP contribution in [0.3, 0.4) is 0 Å². The number of hydrogen-bond donors (Lipinski definition) is 0. The maximum atomic E-state index is 5.25. The second-order valence-corrected chi connectivity index (χ2v) is 13.8. The molecule has 2 aliphatic heterocycles. The number of para-hydroxylation sites is 2. The van der Waals surface area contributed by atoms with Gasteiger partial charge >= 0.3 is 0 Å². The van der Waals surface area contributed by atoms with Crippen molar-refractivity contribution in [2.24, 2.45) is 11.8 Å². The molecule has 4 heterocycles. The van der Waals surface area contributed by atoms with Gasteiger partial charge in [-0.25, -0.2) is 4.98 Å². The van der Waals surface area contributed by atoms with E-state index in [4.69, 9.17) is 15.0 Å². The van der Waals surface area contributed by atoms with E-state index in [0.717, 1.165) is 39.6 Å². The van der Waals surface area contributed by atoms with Crippen LogP contribution in [0.1, 0.15) is 32.1 Å². The van der Waals surface area contributed by atoms with E-state index in [9.17, 15) is 0 Å². The standard InChI is InChI=1S/C42H35N5/c1-2-10-29(11-3-1)30-12-8-13-31(25-30)40-43-41(32-14-9-15-33(26-32)46-34-21-27-20-28(23-34)24-35(46)22-27)45-42(44-40)47-38-18-6-4-16-36(38)37-17-5-7-19-39(37)47/h1-19,25-28,34-35H,20-24H2. The normalized spacial score (nSPS) is 21.6. The molecule has 2 saturated heterocycles. The molecule has 4 aliphatic rings. The Bertz CT molecular complexity index is 2210. The van der Waals surface area contributed by atoms with E-state index in [1.54, 1.807) is 0 Å². The zero-order valence-electron chi connectivity index (χ0n) is 26.2. The third-order valence-corrected chi connectivity index (χ3v) is 10.9. The first kappa shape index (κ1) is 26.9. The number of hydrogen-bond acceptors (Lipinski definition) is 4. The summed E-state index contributed by atoms with van der Waals surface area (Å²) in [6, 6.07) is 46.4. The highest BCUT2D eigenvalue weighted by Crippen LogP contribution is 2.50. The molecule has 4 fully saturated rings. The smallest absolute Gasteiger partial charge is 0.238 e. The summed E-state index contributed by atoms with van der Waals surface area (Å²) in [6.45, 7) is 0. The van der Waals surface area contributed by atoms with Gasteiger partial charge in [0.25, 0.3) is 0 Å². The molecule has 47 heavy (non-hydrogen) atoms. The maximum Gasteiger partial charge on any atom is 0.238 e. The molecule has 4 bridgehead atoms. The van der Waals surface area contributed by atoms with Gasteiger partial charge in [0.2, 0.25) is 5.95 Å². The number of nitrogens with zero attached hydrogens (tertiary/aromatic N) is 5. The molecule has 2 saturated carbocycles. The number of fused-ring (bicyclic) bond motifs is 3. The second-order valence-electron chi connectivity index (χ2n) is 13.8. The van der Waals surface area contributed by atoms with Crippen LogP contribution < -0.4 is 4.90 Å². The fourth-order valence-corrected chi connectivity index (χ4v) is 9.09. The van der Waals surface area contributed by atoms with Gasteiger partial charge < -0.3 is 4.90 Å². The van der Waals surface area contributed by atoms with E-state index in [1.165, 1.54) is 54.1 Å². The fraction of sp³-hybridized carbons (Fsp3) is 0.214. The Labute approximate surface area is 274 Å². The van der Waals surface area contributed by atoms with E-state index in [2.05, 4.69) is 137 Å². The summed E-state index contributed by atoms with van der Waals surface area (Å²) in [7, 11) is 0. The summed E-state index contributed by atoms with van der Waals surface area (Å²) in [4.78, 5) is 18.4. The van der Waals surface area contributed by atoms with Crippen molar-refractivity contribution in [1.29, 1.82) is 0 Å². The Morgan fingerprint density at radius 1 is 0.447 bits per heavy atom. The van der Waals surface area contributed by atoms with Gasteiger partial charge in [-0.2, -0.15) is 9.97 Å². The Morgan fingerprint density at radius 2 is 0.979 bits per heavy atom. The summed E-state index contributed by atoms with van der Waals surface area (Å²) in [5.41, 5.74) is 7.79. The van der Waals surface area contributed by atoms with Crippen LogP contribution in [-0.2, 0) is 0 Å². The van der Waals surface area contributed by atoms with Crippen molar-refractivity contribution in [2.75, 3.05) is 4.90 Å². The molecule has 0 radical (unpaired) electrons. The predicted octanol–water partition coefficient (Wildman–Crippen LogP) is 9.74. The molecule has 0 unspecified atom stereocenters. The second kappa shape index (κ2) is 10.6. The minimum absolute atomic E-state index is 0.632. The van der Waals surface area contributed by atoms with Crippen molar-refractivity contribution in [3.05, 3.63) is 127 Å². The number of piperidine rings is 2. The van der Waals surface area contributed by atoms with Crippen LogP contribution in [0.25, 0.3) is 61.7 Å². The quantitative estimate of drug-likeness (QED) is 0.195. The third kappa shape index (κ3) is 4.48. The average Bonchev–Trinajstić information content (AvgIpc) is 3.46. The Balaban J connectivity index is 1.16. The zero-order chi connectivity index (χ0) is 30.9. The van der Waals surface area contributed by atoms with Crippen molar-refractivity contribution in [3.8, 4) is 39.9 Å². The Morgan fingerprint density at radius 3 is 1.64 bits per heavy atom. The average molecular weight is 610 g/mol. The van der Waals surface area contributed by atoms with Crippen molar-refractivity contribution in [3.63, 3.8) is 0 Å². The highest BCUT2D eigenvalue weighted by Gasteiger charge is 2.46. The first-order valence-corrected chi connectivity index (χ1v) is 17.0. The lowest BCUT2D eigenvalue weighted by atomic mass is 9.63. The lowest BCUT2D eigenvalue weighted by Gasteiger charge is -2.57. The van der Waals surface area contributed by atoms with Crippen LogP contribution in [0.5, 0.6) is 0 Å². The summed E-state index contributed by atoms with van der Waals surface area (Å²) in [6.07, 6.45) is 6.79. The lowest BCUT2D eigenvalue weighted by molar-refractivity contribution is 0.0900. The minimum Gasteiger partial charge on any atom is -0.366 e. The van der Waals surface area contributed by atoms with E-state index < -0.39 is 0 Å². The molecule has 0 atom stereocenters. The molecular formula is C42H35N5. The summed E-state index contributed by atoms with van der Waals surface area (Å²) >= 11 is 0. The monoisotopic (exact) mass is 609 g/mol. The van der Waals surface area contributed by atoms with Crippen molar-refractivity contribution >= 4 is 27.5 Å². The number of benzene rings is 5. The summed E-state index contributed by atoms with van der Waals surface area (Å²) in [5.74, 6) is 3.84. The van der Waals surface area contributed by atoms with Crippen LogP contribution in [0.4, 0.5) is 5.69 Å². The first-order valence-electron chi connectivity index (χ1n) is 17.0. The number of anilines is 1. The molecule has 5 heteroatoms. The molecule has 7 aromatic rings. The third-order valence-electron chi connectivity index (χ3n) is 10.9. The van der Waals surface area contributed by atoms with E-state index in [0.29, 0.717) is 29.7 Å². The Kier molecular flexibility index (Phi) is 6.08. The molecule has 0 spiro atoms. The minimum atomic E-state index is 0.632. The van der Waals surface area contributed by atoms with Crippen LogP contribution in [-0.4, -0.2) is 31.6 Å². The summed E-state index contributed by atoms with van der Waals surface area (Å²) < 4.78 is 2.20. The molecule has 2 aliphatic carbocycles. The summed E-state index contributed by atoms with van der Waals surface area (Å²) in [5, 5.41) is 2.38. The zero-order valence-corrected chi connectivity index (χ0v) is 26.2. The predicted molar refractivity (Wildman–Crippen MR) is 191 cm³/mol. The molecule has 228 valence electrons. The van der Waals surface area contributed by atoms with Gasteiger partial charge in [0.1, 0.15) is 0 Å². The molecule has 5 aromatic carbocycles. The van der Waals surface area contributed by atoms with Crippen LogP contribution in [0.2, 0.25) is 0 Å². The Hall–Kier alpha value is -5.29. The highest BCUT2D eigenvalue weighted by atomic mass is 15.2. The molecule has 0 N–H and O–H groups in total. The van der Waals surface area contributed by atoms with E-state index in [1.807, 2.05) is 0 Å². The fourth-order valence-electron chi connectivity index (χ4n) is 9.09. The largest absolute Gasteiger partial charge is 0.366 e. The lowest BCUT2D eigenvalue weighted by Crippen LogP contribution is -2.58. The maximum absolute atomic E-state index is 5.25. The molecule has 5 nitrogen and oxygen atoms in total. The van der Waals surface area contributed by atoms with Crippen molar-refractivity contribution in [1.82, 2.24) is 19.5 Å². The molecule has 0 amide bonds. The van der Waals surface area contributed by atoms with Crippen LogP contribution in [0.15, 0.2) is 127 Å². The van der Waals surface area contributed by atoms with Gasteiger partial charge in [-0.1, -0.05) is 97.1 Å². The van der Waals surface area contributed by atoms with Crippen molar-refractivity contribution in [2.45, 2.75) is 44.2 Å². The van der Waals surface area contributed by atoms with Gasteiger partial charge in [0.05, 0.1) is 11.0 Å². The van der Waals surface area contributed by atoms with Gasteiger partial charge in [0.15, 0.2) is 11.6 Å². The molecule has 11 rings (SSSR count). The highest BCUT2D eigenvalue weighted by molar-refractivity contribution is 6.09. The van der Waals surface area contributed by atoms with Crippen molar-refractivity contribution < 1.29 is 0 Å².